The molecular weight excluding hydrogens is 406 g/mol. The van der Waals surface area contributed by atoms with E-state index in [0.29, 0.717) is 35.4 Å². The van der Waals surface area contributed by atoms with Gasteiger partial charge < -0.3 is 15.8 Å². The van der Waals surface area contributed by atoms with Gasteiger partial charge in [-0.1, -0.05) is 0 Å². The third-order valence-electron chi connectivity index (χ3n) is 5.22. The highest BCUT2D eigenvalue weighted by Gasteiger charge is 2.15. The number of aromatic nitrogens is 8. The fourth-order valence-corrected chi connectivity index (χ4v) is 3.60. The summed E-state index contributed by atoms with van der Waals surface area (Å²) in [5.41, 5.74) is 11.9. The van der Waals surface area contributed by atoms with E-state index in [1.807, 2.05) is 25.5 Å². The molecule has 0 saturated carbocycles. The Morgan fingerprint density at radius 2 is 1.97 bits per heavy atom. The number of aryl methyl sites for hydroxylation is 2. The fraction of sp³-hybridized carbons (Fsp3) is 0.182. The molecule has 5 heterocycles. The second-order valence-electron chi connectivity index (χ2n) is 7.50. The van der Waals surface area contributed by atoms with Crippen LogP contribution in [0, 0.1) is 0 Å². The lowest BCUT2D eigenvalue weighted by molar-refractivity contribution is 0.167. The van der Waals surface area contributed by atoms with Crippen molar-refractivity contribution in [2.45, 2.75) is 18.9 Å². The van der Waals surface area contributed by atoms with Crippen molar-refractivity contribution in [1.82, 2.24) is 39.7 Å². The van der Waals surface area contributed by atoms with Crippen LogP contribution in [0.25, 0.3) is 33.7 Å². The highest BCUT2D eigenvalue weighted by Crippen LogP contribution is 2.28. The molecule has 1 unspecified atom stereocenters. The van der Waals surface area contributed by atoms with E-state index < -0.39 is 6.10 Å². The van der Waals surface area contributed by atoms with Gasteiger partial charge in [0, 0.05) is 48.7 Å². The molecule has 10 heteroatoms. The van der Waals surface area contributed by atoms with Crippen molar-refractivity contribution in [1.29, 1.82) is 0 Å². The van der Waals surface area contributed by atoms with E-state index in [1.54, 1.807) is 41.6 Å². The predicted molar refractivity (Wildman–Crippen MR) is 119 cm³/mol. The standard InChI is InChI=1S/C22H21N9O/c1-31-12-14(9-27-31)18-11-26-21-20(29-18)16(10-25-21)17-8-15(28-22(23)30-17)2-3-19(32)13-4-6-24-7-5-13/h4-12,19,32H,2-3H2,1H3,(H,25,26)(H2,23,28,30). The number of fused-ring (bicyclic) bond motifs is 1. The molecule has 32 heavy (non-hydrogen) atoms. The van der Waals surface area contributed by atoms with Crippen molar-refractivity contribution in [3.8, 4) is 22.5 Å². The van der Waals surface area contributed by atoms with Gasteiger partial charge in [-0.15, -0.1) is 0 Å². The number of anilines is 1. The van der Waals surface area contributed by atoms with Gasteiger partial charge in [-0.05, 0) is 36.6 Å². The topological polar surface area (TPSA) is 144 Å². The maximum Gasteiger partial charge on any atom is 0.220 e. The van der Waals surface area contributed by atoms with E-state index in [0.717, 1.165) is 22.4 Å². The molecular formula is C22H21N9O. The number of rotatable bonds is 6. The van der Waals surface area contributed by atoms with Crippen molar-refractivity contribution in [3.05, 3.63) is 66.6 Å². The van der Waals surface area contributed by atoms with Crippen molar-refractivity contribution in [2.75, 3.05) is 5.73 Å². The summed E-state index contributed by atoms with van der Waals surface area (Å²) in [6.07, 6.45) is 10.9. The van der Waals surface area contributed by atoms with Crippen molar-refractivity contribution in [2.24, 2.45) is 7.05 Å². The van der Waals surface area contributed by atoms with Gasteiger partial charge in [0.05, 0.1) is 29.9 Å². The second kappa shape index (κ2) is 8.16. The van der Waals surface area contributed by atoms with E-state index in [1.165, 1.54) is 0 Å². The van der Waals surface area contributed by atoms with Gasteiger partial charge in [0.2, 0.25) is 5.95 Å². The zero-order valence-electron chi connectivity index (χ0n) is 17.3. The van der Waals surface area contributed by atoms with Gasteiger partial charge in [-0.3, -0.25) is 9.67 Å². The number of H-pyrrole nitrogens is 1. The molecule has 5 aromatic rings. The fourth-order valence-electron chi connectivity index (χ4n) is 3.60. The molecule has 160 valence electrons. The normalized spacial score (nSPS) is 12.3. The first-order valence-corrected chi connectivity index (χ1v) is 10.1. The summed E-state index contributed by atoms with van der Waals surface area (Å²) in [5, 5.41) is 14.7. The molecule has 0 aliphatic rings. The average molecular weight is 427 g/mol. The van der Waals surface area contributed by atoms with E-state index >= 15 is 0 Å². The van der Waals surface area contributed by atoms with Crippen LogP contribution in [0.5, 0.6) is 0 Å². The number of aliphatic hydroxyl groups is 1. The van der Waals surface area contributed by atoms with Gasteiger partial charge in [-0.25, -0.2) is 19.9 Å². The van der Waals surface area contributed by atoms with E-state index in [2.05, 4.69) is 30.0 Å². The molecule has 10 nitrogen and oxygen atoms in total. The summed E-state index contributed by atoms with van der Waals surface area (Å²) in [4.78, 5) is 25.1. The Balaban J connectivity index is 1.45. The van der Waals surface area contributed by atoms with Crippen molar-refractivity contribution >= 4 is 17.1 Å². The van der Waals surface area contributed by atoms with Crippen LogP contribution in [-0.4, -0.2) is 44.8 Å². The second-order valence-corrected chi connectivity index (χ2v) is 7.50. The van der Waals surface area contributed by atoms with Crippen LogP contribution in [-0.2, 0) is 13.5 Å². The SMILES string of the molecule is Cn1cc(-c2cnc3[nH]cc(-c4cc(CCC(O)c5ccncc5)nc(N)n4)c3n2)cn1. The number of nitrogens with zero attached hydrogens (tertiary/aromatic N) is 7. The quantitative estimate of drug-likeness (QED) is 0.375. The Morgan fingerprint density at radius 3 is 2.75 bits per heavy atom. The van der Waals surface area contributed by atoms with Crippen LogP contribution < -0.4 is 5.73 Å². The highest BCUT2D eigenvalue weighted by atomic mass is 16.3. The highest BCUT2D eigenvalue weighted by molar-refractivity contribution is 5.90. The van der Waals surface area contributed by atoms with Gasteiger partial charge in [0.15, 0.2) is 5.65 Å². The Morgan fingerprint density at radius 1 is 1.12 bits per heavy atom. The molecule has 0 saturated heterocycles. The lowest BCUT2D eigenvalue weighted by Crippen LogP contribution is -2.04. The van der Waals surface area contributed by atoms with Crippen LogP contribution in [0.2, 0.25) is 0 Å². The third kappa shape index (κ3) is 3.91. The zero-order valence-corrected chi connectivity index (χ0v) is 17.3. The molecule has 1 atom stereocenters. The lowest BCUT2D eigenvalue weighted by atomic mass is 10.0. The smallest absolute Gasteiger partial charge is 0.220 e. The summed E-state index contributed by atoms with van der Waals surface area (Å²) >= 11 is 0. The number of hydrogen-bond acceptors (Lipinski definition) is 8. The Hall–Kier alpha value is -4.18. The monoisotopic (exact) mass is 427 g/mol. The molecule has 0 aliphatic carbocycles. The van der Waals surface area contributed by atoms with E-state index in [9.17, 15) is 5.11 Å². The summed E-state index contributed by atoms with van der Waals surface area (Å²) < 4.78 is 1.72. The summed E-state index contributed by atoms with van der Waals surface area (Å²) in [6.45, 7) is 0. The molecule has 0 aromatic carbocycles. The number of aromatic amines is 1. The summed E-state index contributed by atoms with van der Waals surface area (Å²) in [6, 6.07) is 5.47. The third-order valence-corrected chi connectivity index (χ3v) is 5.22. The van der Waals surface area contributed by atoms with Gasteiger partial charge >= 0.3 is 0 Å². The number of aliphatic hydroxyl groups excluding tert-OH is 1. The molecule has 0 aliphatic heterocycles. The molecule has 4 N–H and O–H groups in total. The van der Waals surface area contributed by atoms with Crippen LogP contribution in [0.3, 0.4) is 0 Å². The Labute approximate surface area is 183 Å². The molecule has 0 fully saturated rings. The van der Waals surface area contributed by atoms with Crippen LogP contribution >= 0.6 is 0 Å². The van der Waals surface area contributed by atoms with Crippen LogP contribution in [0.4, 0.5) is 5.95 Å². The first-order valence-electron chi connectivity index (χ1n) is 10.1. The largest absolute Gasteiger partial charge is 0.388 e. The van der Waals surface area contributed by atoms with Gasteiger partial charge in [0.1, 0.15) is 5.52 Å². The van der Waals surface area contributed by atoms with Gasteiger partial charge in [0.25, 0.3) is 0 Å². The molecule has 5 aromatic heterocycles. The molecule has 0 bridgehead atoms. The Kier molecular flexibility index (Phi) is 5.04. The molecule has 0 radical (unpaired) electrons. The van der Waals surface area contributed by atoms with Crippen LogP contribution in [0.1, 0.15) is 23.8 Å². The maximum atomic E-state index is 10.5. The van der Waals surface area contributed by atoms with Crippen LogP contribution in [0.15, 0.2) is 55.4 Å². The first-order chi connectivity index (χ1) is 15.6. The molecule has 5 rings (SSSR count). The minimum Gasteiger partial charge on any atom is -0.388 e. The number of nitrogens with two attached hydrogens (primary N) is 1. The lowest BCUT2D eigenvalue weighted by Gasteiger charge is -2.11. The number of hydrogen-bond donors (Lipinski definition) is 3. The molecule has 0 amide bonds. The average Bonchev–Trinajstić information content (AvgIpc) is 3.43. The number of nitrogens with one attached hydrogen (secondary N) is 1. The number of nitrogen functional groups attached to an aromatic ring is 1. The summed E-state index contributed by atoms with van der Waals surface area (Å²) in [5.74, 6) is 0.168. The zero-order chi connectivity index (χ0) is 22.1. The van der Waals surface area contributed by atoms with Crippen molar-refractivity contribution in [3.63, 3.8) is 0 Å². The minimum atomic E-state index is -0.612. The minimum absolute atomic E-state index is 0.168. The number of pyridine rings is 1. The predicted octanol–water partition coefficient (Wildman–Crippen LogP) is 2.46. The Bertz CT molecular complexity index is 1380. The maximum absolute atomic E-state index is 10.5. The summed E-state index contributed by atoms with van der Waals surface area (Å²) in [7, 11) is 1.86. The van der Waals surface area contributed by atoms with Gasteiger partial charge in [-0.2, -0.15) is 5.10 Å². The van der Waals surface area contributed by atoms with E-state index in [4.69, 9.17) is 10.7 Å². The van der Waals surface area contributed by atoms with E-state index in [-0.39, 0.29) is 5.95 Å². The molecule has 0 spiro atoms. The van der Waals surface area contributed by atoms with Crippen molar-refractivity contribution < 1.29 is 5.11 Å². The first kappa shape index (κ1) is 19.8.